The van der Waals surface area contributed by atoms with Crippen molar-refractivity contribution < 1.29 is 26.3 Å². The van der Waals surface area contributed by atoms with Gasteiger partial charge < -0.3 is 15.1 Å². The van der Waals surface area contributed by atoms with Crippen molar-refractivity contribution in [2.45, 2.75) is 44.2 Å². The van der Waals surface area contributed by atoms with E-state index in [0.29, 0.717) is 49.5 Å². The number of aryl methyl sites for hydroxylation is 1. The molecule has 0 unspecified atom stereocenters. The Balaban J connectivity index is 1.17. The number of pyridine rings is 1. The number of halogens is 6. The third-order valence-electron chi connectivity index (χ3n) is 7.68. The Morgan fingerprint density at radius 2 is 1.55 bits per heavy atom. The van der Waals surface area contributed by atoms with Crippen molar-refractivity contribution in [2.24, 2.45) is 11.8 Å². The van der Waals surface area contributed by atoms with E-state index in [-0.39, 0.29) is 17.9 Å². The molecule has 2 aliphatic heterocycles. The molecule has 1 saturated carbocycles. The van der Waals surface area contributed by atoms with E-state index >= 15 is 0 Å². The van der Waals surface area contributed by atoms with Crippen LogP contribution in [0.1, 0.15) is 30.5 Å². The molecule has 0 spiro atoms. The number of hydrogen-bond donors (Lipinski definition) is 1. The third-order valence-corrected chi connectivity index (χ3v) is 7.68. The fourth-order valence-electron chi connectivity index (χ4n) is 5.89. The third kappa shape index (κ3) is 4.62. The lowest BCUT2D eigenvalue weighted by molar-refractivity contribution is -0.141. The van der Waals surface area contributed by atoms with Crippen molar-refractivity contribution >= 4 is 23.3 Å². The van der Waals surface area contributed by atoms with Crippen LogP contribution in [0.4, 0.5) is 49.6 Å². The average molecular weight is 538 g/mol. The summed E-state index contributed by atoms with van der Waals surface area (Å²) in [6.07, 6.45) is -5.03. The SMILES string of the molecule is FC(F)(F)c1ccc(N2CCCn3nc(N[C@H]4[C@@H]5CC[C@H]4CN(c4ccnc(C(F)(F)F)c4)C5)nc32)cc1. The molecule has 3 aliphatic rings. The highest BCUT2D eigenvalue weighted by atomic mass is 19.4. The van der Waals surface area contributed by atoms with Gasteiger partial charge >= 0.3 is 12.4 Å². The quantitative estimate of drug-likeness (QED) is 0.439. The van der Waals surface area contributed by atoms with Gasteiger partial charge in [-0.05, 0) is 67.5 Å². The fraction of sp³-hybridized carbons (Fsp3) is 0.480. The van der Waals surface area contributed by atoms with Crippen molar-refractivity contribution in [2.75, 3.05) is 34.8 Å². The maximum Gasteiger partial charge on any atom is 0.433 e. The standard InChI is InChI=1S/C25H25F6N7/c26-24(27,28)17-4-6-18(7-5-17)37-10-1-11-38-23(37)34-22(35-38)33-21-15-2-3-16(21)14-36(13-15)19-8-9-32-20(12-19)25(29,30)31/h4-9,12,15-16,21H,1-3,10-11,13-14H2,(H,33,35)/t15-,16+,21+. The van der Waals surface area contributed by atoms with Gasteiger partial charge in [0.1, 0.15) is 5.69 Å². The lowest BCUT2D eigenvalue weighted by atomic mass is 9.92. The van der Waals surface area contributed by atoms with E-state index in [1.54, 1.807) is 10.7 Å². The molecule has 0 radical (unpaired) electrons. The van der Waals surface area contributed by atoms with E-state index in [9.17, 15) is 26.3 Å². The molecule has 3 aromatic rings. The van der Waals surface area contributed by atoms with E-state index in [1.165, 1.54) is 18.3 Å². The van der Waals surface area contributed by atoms with Gasteiger partial charge in [-0.25, -0.2) is 4.68 Å². The molecule has 38 heavy (non-hydrogen) atoms. The molecule has 3 atom stereocenters. The first-order valence-electron chi connectivity index (χ1n) is 12.5. The summed E-state index contributed by atoms with van der Waals surface area (Å²) in [5.41, 5.74) is -0.467. The van der Waals surface area contributed by atoms with Gasteiger partial charge in [-0.1, -0.05) is 0 Å². The molecule has 2 fully saturated rings. The number of fused-ring (bicyclic) bond motifs is 3. The predicted octanol–water partition coefficient (Wildman–Crippen LogP) is 5.58. The molecule has 1 aliphatic carbocycles. The molecular formula is C25H25F6N7. The highest BCUT2D eigenvalue weighted by Gasteiger charge is 2.43. The second-order valence-corrected chi connectivity index (χ2v) is 10.1. The van der Waals surface area contributed by atoms with E-state index in [2.05, 4.69) is 20.4 Å². The van der Waals surface area contributed by atoms with Gasteiger partial charge in [-0.15, -0.1) is 5.10 Å². The molecule has 1 N–H and O–H groups in total. The Morgan fingerprint density at radius 1 is 0.842 bits per heavy atom. The Morgan fingerprint density at radius 3 is 2.21 bits per heavy atom. The Hall–Kier alpha value is -3.51. The van der Waals surface area contributed by atoms with Crippen LogP contribution in [0, 0.1) is 11.8 Å². The highest BCUT2D eigenvalue weighted by molar-refractivity contribution is 5.60. The van der Waals surface area contributed by atoms with Crippen LogP contribution in [0.25, 0.3) is 0 Å². The molecular weight excluding hydrogens is 512 g/mol. The number of benzene rings is 1. The highest BCUT2D eigenvalue weighted by Crippen LogP contribution is 2.41. The molecule has 7 nitrogen and oxygen atoms in total. The van der Waals surface area contributed by atoms with Gasteiger partial charge in [-0.3, -0.25) is 4.98 Å². The second kappa shape index (κ2) is 9.05. The first-order chi connectivity index (χ1) is 18.1. The first-order valence-corrected chi connectivity index (χ1v) is 12.5. The van der Waals surface area contributed by atoms with Gasteiger partial charge in [0.25, 0.3) is 0 Å². The van der Waals surface area contributed by atoms with Crippen LogP contribution in [0.3, 0.4) is 0 Å². The Kier molecular flexibility index (Phi) is 5.91. The normalized spacial score (nSPS) is 23.5. The van der Waals surface area contributed by atoms with Crippen LogP contribution in [0.15, 0.2) is 42.6 Å². The molecule has 202 valence electrons. The van der Waals surface area contributed by atoms with Crippen LogP contribution in [-0.4, -0.2) is 45.4 Å². The van der Waals surface area contributed by atoms with Crippen LogP contribution in [0.2, 0.25) is 0 Å². The summed E-state index contributed by atoms with van der Waals surface area (Å²) in [5.74, 6) is 1.45. The zero-order chi connectivity index (χ0) is 26.7. The molecule has 0 amide bonds. The summed E-state index contributed by atoms with van der Waals surface area (Å²) in [6.45, 7) is 2.48. The summed E-state index contributed by atoms with van der Waals surface area (Å²) in [5, 5.41) is 8.09. The Bertz CT molecular complexity index is 1290. The summed E-state index contributed by atoms with van der Waals surface area (Å²) in [6, 6.07) is 7.82. The minimum Gasteiger partial charge on any atom is -0.371 e. The number of hydrogen-bond acceptors (Lipinski definition) is 6. The number of aromatic nitrogens is 4. The van der Waals surface area contributed by atoms with Crippen LogP contribution in [-0.2, 0) is 18.9 Å². The molecule has 2 aromatic heterocycles. The van der Waals surface area contributed by atoms with Crippen molar-refractivity contribution in [3.05, 3.63) is 53.9 Å². The summed E-state index contributed by atoms with van der Waals surface area (Å²) in [4.78, 5) is 12.0. The monoisotopic (exact) mass is 537 g/mol. The van der Waals surface area contributed by atoms with Gasteiger partial charge in [0.15, 0.2) is 0 Å². The minimum atomic E-state index is -4.49. The van der Waals surface area contributed by atoms with Crippen LogP contribution < -0.4 is 15.1 Å². The molecule has 13 heteroatoms. The molecule has 1 aromatic carbocycles. The number of alkyl halides is 6. The molecule has 4 heterocycles. The van der Waals surface area contributed by atoms with Crippen molar-refractivity contribution in [3.8, 4) is 0 Å². The summed E-state index contributed by atoms with van der Waals surface area (Å²) < 4.78 is 80.1. The van der Waals surface area contributed by atoms with E-state index < -0.39 is 23.6 Å². The second-order valence-electron chi connectivity index (χ2n) is 10.1. The Labute approximate surface area is 214 Å². The largest absolute Gasteiger partial charge is 0.433 e. The van der Waals surface area contributed by atoms with Crippen LogP contribution in [0.5, 0.6) is 0 Å². The smallest absolute Gasteiger partial charge is 0.371 e. The topological polar surface area (TPSA) is 62.1 Å². The fourth-order valence-corrected chi connectivity index (χ4v) is 5.89. The molecule has 2 bridgehead atoms. The van der Waals surface area contributed by atoms with Gasteiger partial charge in [0, 0.05) is 49.8 Å². The maximum atomic E-state index is 13.1. The number of anilines is 4. The lowest BCUT2D eigenvalue weighted by Gasteiger charge is -2.39. The zero-order valence-electron chi connectivity index (χ0n) is 20.2. The first kappa shape index (κ1) is 24.8. The molecule has 6 rings (SSSR count). The van der Waals surface area contributed by atoms with Crippen molar-refractivity contribution in [1.29, 1.82) is 0 Å². The summed E-state index contributed by atoms with van der Waals surface area (Å²) >= 11 is 0. The average Bonchev–Trinajstić information content (AvgIpc) is 3.38. The van der Waals surface area contributed by atoms with E-state index in [1.807, 2.05) is 9.80 Å². The maximum absolute atomic E-state index is 13.1. The van der Waals surface area contributed by atoms with E-state index in [4.69, 9.17) is 0 Å². The summed E-state index contributed by atoms with van der Waals surface area (Å²) in [7, 11) is 0. The molecule has 1 saturated heterocycles. The van der Waals surface area contributed by atoms with Gasteiger partial charge in [0.2, 0.25) is 11.9 Å². The van der Waals surface area contributed by atoms with Crippen molar-refractivity contribution in [3.63, 3.8) is 0 Å². The van der Waals surface area contributed by atoms with Gasteiger partial charge in [-0.2, -0.15) is 31.3 Å². The zero-order valence-corrected chi connectivity index (χ0v) is 20.2. The van der Waals surface area contributed by atoms with Crippen LogP contribution >= 0.6 is 0 Å². The predicted molar refractivity (Wildman–Crippen MR) is 128 cm³/mol. The van der Waals surface area contributed by atoms with Gasteiger partial charge in [0.05, 0.1) is 5.56 Å². The lowest BCUT2D eigenvalue weighted by Crippen LogP contribution is -2.48. The number of piperidine rings is 1. The minimum absolute atomic E-state index is 0.0825. The number of rotatable bonds is 4. The van der Waals surface area contributed by atoms with E-state index in [0.717, 1.165) is 37.5 Å². The van der Waals surface area contributed by atoms with Crippen molar-refractivity contribution in [1.82, 2.24) is 19.7 Å². The number of nitrogens with zero attached hydrogens (tertiary/aromatic N) is 6. The number of nitrogens with one attached hydrogen (secondary N) is 1.